The normalized spacial score (nSPS) is 9.94. The zero-order valence-electron chi connectivity index (χ0n) is 8.63. The van der Waals surface area contributed by atoms with E-state index in [1.807, 2.05) is 6.07 Å². The number of nitro groups is 1. The average molecular weight is 294 g/mol. The topological polar surface area (TPSA) is 68.1 Å². The molecule has 86 valence electrons. The molecule has 2 rings (SSSR count). The number of rotatable bonds is 3. The molecule has 0 aliphatic rings. The number of hydrogen-bond acceptors (Lipinski definition) is 4. The smallest absolute Gasteiger partial charge is 0.292 e. The highest BCUT2D eigenvalue weighted by molar-refractivity contribution is 9.10. The molecule has 0 unspecified atom stereocenters. The maximum absolute atomic E-state index is 10.8. The van der Waals surface area contributed by atoms with Crippen molar-refractivity contribution in [3.63, 3.8) is 0 Å². The maximum Gasteiger partial charge on any atom is 0.292 e. The van der Waals surface area contributed by atoms with Crippen molar-refractivity contribution in [1.82, 2.24) is 4.98 Å². The summed E-state index contributed by atoms with van der Waals surface area (Å²) in [5, 5.41) is 13.7. The lowest BCUT2D eigenvalue weighted by atomic mass is 10.2. The van der Waals surface area contributed by atoms with E-state index in [4.69, 9.17) is 0 Å². The van der Waals surface area contributed by atoms with Crippen LogP contribution < -0.4 is 5.32 Å². The molecule has 2 aromatic rings. The van der Waals surface area contributed by atoms with Crippen molar-refractivity contribution in [2.45, 2.75) is 0 Å². The van der Waals surface area contributed by atoms with E-state index in [0.717, 1.165) is 4.47 Å². The van der Waals surface area contributed by atoms with Crippen molar-refractivity contribution in [3.8, 4) is 0 Å². The van der Waals surface area contributed by atoms with Gasteiger partial charge in [-0.25, -0.2) is 4.98 Å². The first kappa shape index (κ1) is 11.5. The van der Waals surface area contributed by atoms with E-state index in [1.54, 1.807) is 30.5 Å². The minimum atomic E-state index is -0.429. The number of nitrogens with zero attached hydrogens (tertiary/aromatic N) is 2. The van der Waals surface area contributed by atoms with E-state index in [2.05, 4.69) is 26.2 Å². The first-order valence-corrected chi connectivity index (χ1v) is 5.58. The Hall–Kier alpha value is -1.95. The predicted molar refractivity (Wildman–Crippen MR) is 68.3 cm³/mol. The Balaban J connectivity index is 2.30. The van der Waals surface area contributed by atoms with Gasteiger partial charge in [-0.15, -0.1) is 0 Å². The number of benzene rings is 1. The zero-order valence-corrected chi connectivity index (χ0v) is 10.2. The lowest BCUT2D eigenvalue weighted by Gasteiger charge is -2.05. The van der Waals surface area contributed by atoms with Gasteiger partial charge in [-0.05, 0) is 34.1 Å². The Kier molecular flexibility index (Phi) is 3.34. The molecule has 5 nitrogen and oxygen atoms in total. The van der Waals surface area contributed by atoms with Gasteiger partial charge in [-0.3, -0.25) is 10.1 Å². The summed E-state index contributed by atoms with van der Waals surface area (Å²) >= 11 is 3.27. The Labute approximate surface area is 106 Å². The van der Waals surface area contributed by atoms with Crippen LogP contribution in [0.4, 0.5) is 17.2 Å². The van der Waals surface area contributed by atoms with Crippen molar-refractivity contribution in [1.29, 1.82) is 0 Å². The van der Waals surface area contributed by atoms with Crippen molar-refractivity contribution in [2.24, 2.45) is 0 Å². The van der Waals surface area contributed by atoms with Gasteiger partial charge in [0.1, 0.15) is 11.5 Å². The fraction of sp³-hybridized carbons (Fsp3) is 0. The number of halogens is 1. The molecule has 1 N–H and O–H groups in total. The van der Waals surface area contributed by atoms with Crippen LogP contribution in [0.2, 0.25) is 0 Å². The molecule has 0 bridgehead atoms. The van der Waals surface area contributed by atoms with Gasteiger partial charge in [0.05, 0.1) is 4.92 Å². The van der Waals surface area contributed by atoms with Crippen LogP contribution in [0.25, 0.3) is 0 Å². The van der Waals surface area contributed by atoms with Crippen LogP contribution in [0.5, 0.6) is 0 Å². The predicted octanol–water partition coefficient (Wildman–Crippen LogP) is 3.50. The Morgan fingerprint density at radius 2 is 2.00 bits per heavy atom. The molecule has 1 aromatic heterocycles. The summed E-state index contributed by atoms with van der Waals surface area (Å²) in [5.41, 5.74) is 0.449. The first-order valence-electron chi connectivity index (χ1n) is 4.79. The molecule has 0 atom stereocenters. The van der Waals surface area contributed by atoms with Crippen molar-refractivity contribution in [3.05, 3.63) is 57.2 Å². The summed E-state index contributed by atoms with van der Waals surface area (Å²) in [6.07, 6.45) is 1.62. The van der Waals surface area contributed by atoms with Crippen LogP contribution in [-0.2, 0) is 0 Å². The lowest BCUT2D eigenvalue weighted by molar-refractivity contribution is -0.383. The van der Waals surface area contributed by atoms with Crippen LogP contribution >= 0.6 is 15.9 Å². The van der Waals surface area contributed by atoms with Crippen molar-refractivity contribution >= 4 is 33.1 Å². The number of nitrogens with one attached hydrogen (secondary N) is 1. The lowest BCUT2D eigenvalue weighted by Crippen LogP contribution is -1.97. The summed E-state index contributed by atoms with van der Waals surface area (Å²) in [6, 6.07) is 9.99. The van der Waals surface area contributed by atoms with E-state index in [-0.39, 0.29) is 5.69 Å². The van der Waals surface area contributed by atoms with Gasteiger partial charge in [-0.2, -0.15) is 0 Å². The van der Waals surface area contributed by atoms with Gasteiger partial charge in [0.2, 0.25) is 0 Å². The van der Waals surface area contributed by atoms with Gasteiger partial charge < -0.3 is 5.32 Å². The van der Waals surface area contributed by atoms with Crippen LogP contribution in [-0.4, -0.2) is 9.91 Å². The molecule has 17 heavy (non-hydrogen) atoms. The zero-order chi connectivity index (χ0) is 12.3. The number of hydrogen-bond donors (Lipinski definition) is 1. The second-order valence-electron chi connectivity index (χ2n) is 3.26. The second kappa shape index (κ2) is 4.92. The molecule has 1 aromatic carbocycles. The fourth-order valence-electron chi connectivity index (χ4n) is 1.33. The SMILES string of the molecule is O=[N+]([O-])c1ccccc1Nc1ccc(Br)cn1. The van der Waals surface area contributed by atoms with Crippen molar-refractivity contribution < 1.29 is 4.92 Å². The van der Waals surface area contributed by atoms with Gasteiger partial charge in [0.15, 0.2) is 0 Å². The summed E-state index contributed by atoms with van der Waals surface area (Å²) < 4.78 is 0.852. The third-order valence-electron chi connectivity index (χ3n) is 2.09. The molecule has 6 heteroatoms. The van der Waals surface area contributed by atoms with Crippen LogP contribution in [0.15, 0.2) is 47.1 Å². The number of aromatic nitrogens is 1. The maximum atomic E-state index is 10.8. The molecule has 0 amide bonds. The van der Waals surface area contributed by atoms with Gasteiger partial charge in [0.25, 0.3) is 5.69 Å². The molecule has 0 fully saturated rings. The van der Waals surface area contributed by atoms with Crippen LogP contribution in [0, 0.1) is 10.1 Å². The minimum absolute atomic E-state index is 0.0252. The molecule has 0 aliphatic heterocycles. The summed E-state index contributed by atoms with van der Waals surface area (Å²) in [4.78, 5) is 14.5. The highest BCUT2D eigenvalue weighted by Gasteiger charge is 2.12. The standard InChI is InChI=1S/C11H8BrN3O2/c12-8-5-6-11(13-7-8)14-9-3-1-2-4-10(9)15(16)17/h1-7H,(H,13,14). The third-order valence-corrected chi connectivity index (χ3v) is 2.56. The second-order valence-corrected chi connectivity index (χ2v) is 4.18. The molecule has 0 aliphatic carbocycles. The highest BCUT2D eigenvalue weighted by atomic mass is 79.9. The van der Waals surface area contributed by atoms with Crippen molar-refractivity contribution in [2.75, 3.05) is 5.32 Å². The van der Waals surface area contributed by atoms with E-state index in [0.29, 0.717) is 11.5 Å². The summed E-state index contributed by atoms with van der Waals surface area (Å²) in [7, 11) is 0. The highest BCUT2D eigenvalue weighted by Crippen LogP contribution is 2.26. The fourth-order valence-corrected chi connectivity index (χ4v) is 1.56. The van der Waals surface area contributed by atoms with Crippen LogP contribution in [0.1, 0.15) is 0 Å². The third kappa shape index (κ3) is 2.79. The van der Waals surface area contributed by atoms with E-state index >= 15 is 0 Å². The molecule has 0 spiro atoms. The van der Waals surface area contributed by atoms with Gasteiger partial charge in [-0.1, -0.05) is 12.1 Å². The summed E-state index contributed by atoms with van der Waals surface area (Å²) in [6.45, 7) is 0. The number of para-hydroxylation sites is 2. The number of nitro benzene ring substituents is 1. The van der Waals surface area contributed by atoms with Gasteiger partial charge in [0, 0.05) is 16.7 Å². The summed E-state index contributed by atoms with van der Waals surface area (Å²) in [5.74, 6) is 0.558. The van der Waals surface area contributed by atoms with E-state index in [1.165, 1.54) is 6.07 Å². The average Bonchev–Trinajstić information content (AvgIpc) is 2.32. The number of anilines is 2. The van der Waals surface area contributed by atoms with E-state index in [9.17, 15) is 10.1 Å². The van der Waals surface area contributed by atoms with Gasteiger partial charge >= 0.3 is 0 Å². The minimum Gasteiger partial charge on any atom is -0.335 e. The molecular weight excluding hydrogens is 286 g/mol. The Morgan fingerprint density at radius 1 is 1.24 bits per heavy atom. The molecule has 0 radical (unpaired) electrons. The largest absolute Gasteiger partial charge is 0.335 e. The number of pyridine rings is 1. The first-order chi connectivity index (χ1) is 8.16. The molecule has 1 heterocycles. The molecule has 0 saturated carbocycles. The molecule has 0 saturated heterocycles. The Bertz CT molecular complexity index is 543. The quantitative estimate of drug-likeness (QED) is 0.695. The Morgan fingerprint density at radius 3 is 2.65 bits per heavy atom. The monoisotopic (exact) mass is 293 g/mol. The molecular formula is C11H8BrN3O2. The van der Waals surface area contributed by atoms with Crippen LogP contribution in [0.3, 0.4) is 0 Å². The van der Waals surface area contributed by atoms with E-state index < -0.39 is 4.92 Å².